The molecule has 4 heteroatoms. The number of nitrogens with zero attached hydrogens (tertiary/aromatic N) is 1. The van der Waals surface area contributed by atoms with E-state index in [0.717, 1.165) is 19.6 Å². The lowest BCUT2D eigenvalue weighted by molar-refractivity contribution is 0.138. The molecule has 2 fully saturated rings. The van der Waals surface area contributed by atoms with E-state index in [2.05, 4.69) is 46.7 Å². The van der Waals surface area contributed by atoms with Crippen molar-refractivity contribution in [3.63, 3.8) is 0 Å². The van der Waals surface area contributed by atoms with Gasteiger partial charge in [0.25, 0.3) is 0 Å². The Hall–Kier alpha value is -1.91. The zero-order valence-electron chi connectivity index (χ0n) is 13.9. The average Bonchev–Trinajstić information content (AvgIpc) is 3.08. The monoisotopic (exact) mass is 324 g/mol. The summed E-state index contributed by atoms with van der Waals surface area (Å²) in [5, 5.41) is 3.65. The lowest BCUT2D eigenvalue weighted by Crippen LogP contribution is -2.39. The molecule has 2 aliphatic rings. The van der Waals surface area contributed by atoms with Gasteiger partial charge in [-0.05, 0) is 36.0 Å². The van der Waals surface area contributed by atoms with Crippen molar-refractivity contribution in [2.45, 2.75) is 43.9 Å². The van der Waals surface area contributed by atoms with Crippen molar-refractivity contribution in [3.05, 3.63) is 59.8 Å². The molecule has 1 atom stereocenters. The summed E-state index contributed by atoms with van der Waals surface area (Å²) in [5.41, 5.74) is 2.69. The van der Waals surface area contributed by atoms with Crippen molar-refractivity contribution in [1.82, 2.24) is 10.3 Å². The van der Waals surface area contributed by atoms with Gasteiger partial charge in [-0.3, -0.25) is 0 Å². The number of benzene rings is 1. The van der Waals surface area contributed by atoms with Gasteiger partial charge in [-0.2, -0.15) is 0 Å². The number of pyridine rings is 1. The highest BCUT2D eigenvalue weighted by Gasteiger charge is 2.29. The zero-order valence-corrected chi connectivity index (χ0v) is 13.9. The average molecular weight is 324 g/mol. The van der Waals surface area contributed by atoms with Crippen molar-refractivity contribution in [2.75, 3.05) is 13.2 Å². The molecule has 2 heterocycles. The van der Waals surface area contributed by atoms with Crippen LogP contribution in [0.5, 0.6) is 5.88 Å². The smallest absolute Gasteiger partial charge is 0.213 e. The predicted molar refractivity (Wildman–Crippen MR) is 93.1 cm³/mol. The van der Waals surface area contributed by atoms with Gasteiger partial charge in [-0.25, -0.2) is 4.98 Å². The number of nitrogens with one attached hydrogen (secondary N) is 1. The molecule has 0 spiro atoms. The Kier molecular flexibility index (Phi) is 4.76. The van der Waals surface area contributed by atoms with Gasteiger partial charge in [0, 0.05) is 31.3 Å². The quantitative estimate of drug-likeness (QED) is 0.885. The molecular weight excluding hydrogens is 300 g/mol. The third-order valence-electron chi connectivity index (χ3n) is 4.98. The fraction of sp³-hybridized carbons (Fsp3) is 0.450. The second kappa shape index (κ2) is 7.32. The van der Waals surface area contributed by atoms with Crippen LogP contribution in [0.4, 0.5) is 0 Å². The molecule has 1 aliphatic carbocycles. The van der Waals surface area contributed by atoms with Gasteiger partial charge in [0.15, 0.2) is 0 Å². The fourth-order valence-electron chi connectivity index (χ4n) is 3.45. The minimum atomic E-state index is 0.152. The number of hydrogen-bond donors (Lipinski definition) is 1. The summed E-state index contributed by atoms with van der Waals surface area (Å²) in [6, 6.07) is 15.5. The molecule has 0 amide bonds. The van der Waals surface area contributed by atoms with E-state index in [0.29, 0.717) is 24.4 Å². The van der Waals surface area contributed by atoms with Gasteiger partial charge >= 0.3 is 0 Å². The normalized spacial score (nSPS) is 26.1. The van der Waals surface area contributed by atoms with Gasteiger partial charge in [0.2, 0.25) is 5.88 Å². The van der Waals surface area contributed by atoms with E-state index in [1.807, 2.05) is 12.3 Å². The molecule has 1 aromatic carbocycles. The Morgan fingerprint density at radius 3 is 2.83 bits per heavy atom. The topological polar surface area (TPSA) is 43.4 Å². The van der Waals surface area contributed by atoms with Crippen molar-refractivity contribution in [1.29, 1.82) is 0 Å². The van der Waals surface area contributed by atoms with Crippen LogP contribution in [-0.4, -0.2) is 30.3 Å². The number of hydrogen-bond acceptors (Lipinski definition) is 4. The highest BCUT2D eigenvalue weighted by atomic mass is 16.5. The number of ether oxygens (including phenoxy) is 2. The first-order valence-electron chi connectivity index (χ1n) is 8.84. The molecule has 0 radical (unpaired) electrons. The Labute approximate surface area is 143 Å². The first kappa shape index (κ1) is 15.6. The highest BCUT2D eigenvalue weighted by molar-refractivity contribution is 5.24. The van der Waals surface area contributed by atoms with Gasteiger partial charge in [0.05, 0.1) is 13.2 Å². The molecule has 4 nitrogen and oxygen atoms in total. The van der Waals surface area contributed by atoms with Crippen molar-refractivity contribution < 1.29 is 9.47 Å². The Bertz CT molecular complexity index is 650. The molecular formula is C20H24N2O2. The lowest BCUT2D eigenvalue weighted by atomic mass is 9.76. The van der Waals surface area contributed by atoms with Crippen molar-refractivity contribution >= 4 is 0 Å². The van der Waals surface area contributed by atoms with Gasteiger partial charge in [-0.15, -0.1) is 0 Å². The van der Waals surface area contributed by atoms with E-state index in [1.54, 1.807) is 0 Å². The standard InChI is InChI=1S/C20H24N2O2/c1-2-4-16(5-3-1)17-11-18(12-17)22-13-15-6-8-21-20(10-15)24-19-7-9-23-14-19/h1-6,8,10,17-19,22H,7,9,11-14H2/t17?,18?,19-/m0/s1. The maximum atomic E-state index is 5.87. The SMILES string of the molecule is c1ccc(C2CC(NCc3ccnc(O[C@H]4CCOC4)c3)C2)cc1. The van der Waals surface area contributed by atoms with E-state index >= 15 is 0 Å². The molecule has 0 unspecified atom stereocenters. The van der Waals surface area contributed by atoms with E-state index in [4.69, 9.17) is 9.47 Å². The van der Waals surface area contributed by atoms with Crippen LogP contribution in [0, 0.1) is 0 Å². The first-order valence-corrected chi connectivity index (χ1v) is 8.84. The number of aromatic nitrogens is 1. The summed E-state index contributed by atoms with van der Waals surface area (Å²) < 4.78 is 11.2. The van der Waals surface area contributed by atoms with Crippen LogP contribution in [-0.2, 0) is 11.3 Å². The minimum absolute atomic E-state index is 0.152. The molecule has 4 rings (SSSR count). The number of rotatable bonds is 6. The maximum Gasteiger partial charge on any atom is 0.213 e. The maximum absolute atomic E-state index is 5.87. The van der Waals surface area contributed by atoms with E-state index in [1.165, 1.54) is 24.0 Å². The zero-order chi connectivity index (χ0) is 16.2. The molecule has 1 aliphatic heterocycles. The van der Waals surface area contributed by atoms with E-state index < -0.39 is 0 Å². The molecule has 0 bridgehead atoms. The van der Waals surface area contributed by atoms with Gasteiger partial charge in [-0.1, -0.05) is 30.3 Å². The third kappa shape index (κ3) is 3.77. The van der Waals surface area contributed by atoms with E-state index in [9.17, 15) is 0 Å². The molecule has 1 saturated heterocycles. The summed E-state index contributed by atoms with van der Waals surface area (Å²) in [6.45, 7) is 2.33. The second-order valence-corrected chi connectivity index (χ2v) is 6.76. The summed E-state index contributed by atoms with van der Waals surface area (Å²) in [5.74, 6) is 1.42. The van der Waals surface area contributed by atoms with Crippen LogP contribution in [0.15, 0.2) is 48.7 Å². The molecule has 1 saturated carbocycles. The Morgan fingerprint density at radius 1 is 1.17 bits per heavy atom. The van der Waals surface area contributed by atoms with Crippen LogP contribution < -0.4 is 10.1 Å². The Balaban J connectivity index is 1.25. The summed E-state index contributed by atoms with van der Waals surface area (Å²) in [4.78, 5) is 4.31. The minimum Gasteiger partial charge on any atom is -0.472 e. The van der Waals surface area contributed by atoms with Crippen LogP contribution in [0.1, 0.15) is 36.3 Å². The third-order valence-corrected chi connectivity index (χ3v) is 4.98. The predicted octanol–water partition coefficient (Wildman–Crippen LogP) is 3.29. The van der Waals surface area contributed by atoms with Crippen LogP contribution in [0.3, 0.4) is 0 Å². The fourth-order valence-corrected chi connectivity index (χ4v) is 3.45. The molecule has 1 N–H and O–H groups in total. The summed E-state index contributed by atoms with van der Waals surface area (Å²) in [7, 11) is 0. The summed E-state index contributed by atoms with van der Waals surface area (Å²) >= 11 is 0. The highest BCUT2D eigenvalue weighted by Crippen LogP contribution is 2.36. The van der Waals surface area contributed by atoms with E-state index in [-0.39, 0.29) is 6.10 Å². The van der Waals surface area contributed by atoms with Crippen LogP contribution >= 0.6 is 0 Å². The molecule has 126 valence electrons. The van der Waals surface area contributed by atoms with Crippen molar-refractivity contribution in [2.24, 2.45) is 0 Å². The second-order valence-electron chi connectivity index (χ2n) is 6.76. The molecule has 24 heavy (non-hydrogen) atoms. The molecule has 1 aromatic heterocycles. The lowest BCUT2D eigenvalue weighted by Gasteiger charge is -2.36. The summed E-state index contributed by atoms with van der Waals surface area (Å²) in [6.07, 6.45) is 5.37. The van der Waals surface area contributed by atoms with Crippen molar-refractivity contribution in [3.8, 4) is 5.88 Å². The van der Waals surface area contributed by atoms with Gasteiger partial charge in [0.1, 0.15) is 6.10 Å². The van der Waals surface area contributed by atoms with Crippen LogP contribution in [0.25, 0.3) is 0 Å². The largest absolute Gasteiger partial charge is 0.472 e. The van der Waals surface area contributed by atoms with Crippen LogP contribution in [0.2, 0.25) is 0 Å². The van der Waals surface area contributed by atoms with Gasteiger partial charge < -0.3 is 14.8 Å². The molecule has 2 aromatic rings. The Morgan fingerprint density at radius 2 is 2.04 bits per heavy atom. The first-order chi connectivity index (χ1) is 11.9.